The summed E-state index contributed by atoms with van der Waals surface area (Å²) in [5, 5.41) is 0. The Balaban J connectivity index is 1.69. The summed E-state index contributed by atoms with van der Waals surface area (Å²) in [7, 11) is 0. The van der Waals surface area contributed by atoms with Crippen molar-refractivity contribution in [1.82, 2.24) is 9.97 Å². The first kappa shape index (κ1) is 14.6. The number of ether oxygens (including phenoxy) is 2. The zero-order valence-electron chi connectivity index (χ0n) is 11.3. The molecule has 0 unspecified atom stereocenters. The second-order valence-electron chi connectivity index (χ2n) is 4.21. The number of rotatable bonds is 6. The van der Waals surface area contributed by atoms with Gasteiger partial charge in [-0.1, -0.05) is 0 Å². The molecule has 0 aromatic carbocycles. The van der Waals surface area contributed by atoms with Crippen LogP contribution in [0.2, 0.25) is 0 Å². The Labute approximate surface area is 121 Å². The van der Waals surface area contributed by atoms with Crippen LogP contribution in [-0.2, 0) is 32.3 Å². The van der Waals surface area contributed by atoms with Gasteiger partial charge in [-0.3, -0.25) is 19.6 Å². The van der Waals surface area contributed by atoms with Gasteiger partial charge in [0.05, 0.1) is 0 Å². The van der Waals surface area contributed by atoms with Gasteiger partial charge in [-0.15, -0.1) is 0 Å². The van der Waals surface area contributed by atoms with Gasteiger partial charge < -0.3 is 9.47 Å². The van der Waals surface area contributed by atoms with E-state index in [4.69, 9.17) is 9.47 Å². The molecule has 0 atom stereocenters. The molecule has 0 saturated heterocycles. The molecule has 0 N–H and O–H groups in total. The molecule has 2 rings (SSSR count). The molecule has 6 nitrogen and oxygen atoms in total. The Morgan fingerprint density at radius 1 is 0.762 bits per heavy atom. The number of pyridine rings is 2. The number of aromatic nitrogens is 2. The molecule has 0 fully saturated rings. The number of hydrogen-bond donors (Lipinski definition) is 0. The average molecular weight is 286 g/mol. The summed E-state index contributed by atoms with van der Waals surface area (Å²) in [6.07, 6.45) is 6.01. The van der Waals surface area contributed by atoms with Crippen LogP contribution in [0.1, 0.15) is 17.5 Å². The largest absolute Gasteiger partial charge is 0.460 e. The molecule has 6 heteroatoms. The standard InChI is InChI=1S/C15H14N2O4/c18-14(20-10-12-1-5-16-6-2-12)9-15(19)21-11-13-3-7-17-8-4-13/h1-8H,9-11H2. The zero-order valence-corrected chi connectivity index (χ0v) is 11.3. The van der Waals surface area contributed by atoms with E-state index in [0.717, 1.165) is 11.1 Å². The normalized spacial score (nSPS) is 9.90. The van der Waals surface area contributed by atoms with Crippen LogP contribution >= 0.6 is 0 Å². The minimum Gasteiger partial charge on any atom is -0.460 e. The van der Waals surface area contributed by atoms with Crippen molar-refractivity contribution in [3.63, 3.8) is 0 Å². The van der Waals surface area contributed by atoms with Gasteiger partial charge in [0.1, 0.15) is 19.6 Å². The summed E-state index contributed by atoms with van der Waals surface area (Å²) >= 11 is 0. The molecular formula is C15H14N2O4. The average Bonchev–Trinajstić information content (AvgIpc) is 2.53. The van der Waals surface area contributed by atoms with E-state index in [1.807, 2.05) is 0 Å². The molecule has 0 aliphatic carbocycles. The van der Waals surface area contributed by atoms with Crippen LogP contribution in [0.15, 0.2) is 49.1 Å². The second kappa shape index (κ2) is 7.74. The molecule has 2 aromatic heterocycles. The first-order valence-electron chi connectivity index (χ1n) is 6.33. The maximum atomic E-state index is 11.5. The van der Waals surface area contributed by atoms with Crippen molar-refractivity contribution >= 4 is 11.9 Å². The Morgan fingerprint density at radius 3 is 1.52 bits per heavy atom. The van der Waals surface area contributed by atoms with Gasteiger partial charge in [0, 0.05) is 24.8 Å². The predicted octanol–water partition coefficient (Wildman–Crippen LogP) is 1.65. The molecular weight excluding hydrogens is 272 g/mol. The molecule has 0 spiro atoms. The Morgan fingerprint density at radius 2 is 1.14 bits per heavy atom. The summed E-state index contributed by atoms with van der Waals surface area (Å²) in [6, 6.07) is 6.92. The van der Waals surface area contributed by atoms with E-state index in [0.29, 0.717) is 0 Å². The molecule has 2 heterocycles. The molecule has 0 aliphatic rings. The molecule has 0 radical (unpaired) electrons. The zero-order chi connectivity index (χ0) is 14.9. The molecule has 108 valence electrons. The van der Waals surface area contributed by atoms with Crippen LogP contribution in [0, 0.1) is 0 Å². The maximum Gasteiger partial charge on any atom is 0.317 e. The summed E-state index contributed by atoms with van der Waals surface area (Å²) in [4.78, 5) is 30.7. The van der Waals surface area contributed by atoms with Crippen LogP contribution in [-0.4, -0.2) is 21.9 Å². The lowest BCUT2D eigenvalue weighted by molar-refractivity contribution is -0.156. The van der Waals surface area contributed by atoms with Gasteiger partial charge in [-0.05, 0) is 35.4 Å². The third-order valence-electron chi connectivity index (χ3n) is 2.59. The first-order valence-corrected chi connectivity index (χ1v) is 6.33. The van der Waals surface area contributed by atoms with E-state index in [-0.39, 0.29) is 13.2 Å². The Kier molecular flexibility index (Phi) is 5.40. The minimum absolute atomic E-state index is 0.110. The van der Waals surface area contributed by atoms with Crippen molar-refractivity contribution in [2.75, 3.05) is 0 Å². The van der Waals surface area contributed by atoms with Crippen LogP contribution in [0.4, 0.5) is 0 Å². The van der Waals surface area contributed by atoms with Crippen LogP contribution in [0.5, 0.6) is 0 Å². The van der Waals surface area contributed by atoms with Gasteiger partial charge in [0.2, 0.25) is 0 Å². The van der Waals surface area contributed by atoms with Crippen molar-refractivity contribution in [1.29, 1.82) is 0 Å². The van der Waals surface area contributed by atoms with Gasteiger partial charge in [-0.25, -0.2) is 0 Å². The van der Waals surface area contributed by atoms with Crippen molar-refractivity contribution in [3.05, 3.63) is 60.2 Å². The lowest BCUT2D eigenvalue weighted by Gasteiger charge is -2.06. The van der Waals surface area contributed by atoms with E-state index < -0.39 is 18.4 Å². The summed E-state index contributed by atoms with van der Waals surface area (Å²) in [5.41, 5.74) is 1.62. The van der Waals surface area contributed by atoms with Crippen LogP contribution in [0.25, 0.3) is 0 Å². The van der Waals surface area contributed by atoms with Gasteiger partial charge in [-0.2, -0.15) is 0 Å². The first-order chi connectivity index (χ1) is 10.2. The van der Waals surface area contributed by atoms with Gasteiger partial charge in [0.25, 0.3) is 0 Å². The summed E-state index contributed by atoms with van der Waals surface area (Å²) < 4.78 is 9.95. The quantitative estimate of drug-likeness (QED) is 0.593. The molecule has 0 bridgehead atoms. The molecule has 2 aromatic rings. The molecule has 0 saturated carbocycles. The monoisotopic (exact) mass is 286 g/mol. The summed E-state index contributed by atoms with van der Waals surface area (Å²) in [5.74, 6) is -1.24. The van der Waals surface area contributed by atoms with Crippen LogP contribution < -0.4 is 0 Å². The lowest BCUT2D eigenvalue weighted by atomic mass is 10.3. The third kappa shape index (κ3) is 5.40. The second-order valence-corrected chi connectivity index (χ2v) is 4.21. The van der Waals surface area contributed by atoms with Crippen molar-refractivity contribution < 1.29 is 19.1 Å². The predicted molar refractivity (Wildman–Crippen MR) is 72.7 cm³/mol. The highest BCUT2D eigenvalue weighted by Gasteiger charge is 2.12. The van der Waals surface area contributed by atoms with E-state index >= 15 is 0 Å². The van der Waals surface area contributed by atoms with E-state index in [2.05, 4.69) is 9.97 Å². The Bertz CT molecular complexity index is 534. The number of carbonyl (C=O) groups is 2. The van der Waals surface area contributed by atoms with Crippen molar-refractivity contribution in [2.24, 2.45) is 0 Å². The van der Waals surface area contributed by atoms with Crippen molar-refractivity contribution in [2.45, 2.75) is 19.6 Å². The van der Waals surface area contributed by atoms with E-state index in [1.165, 1.54) is 0 Å². The minimum atomic E-state index is -0.619. The summed E-state index contributed by atoms with van der Waals surface area (Å²) in [6.45, 7) is 0.220. The molecule has 0 aliphatic heterocycles. The highest BCUT2D eigenvalue weighted by molar-refractivity contribution is 5.91. The topological polar surface area (TPSA) is 78.4 Å². The van der Waals surface area contributed by atoms with Gasteiger partial charge in [0.15, 0.2) is 0 Å². The number of esters is 2. The number of nitrogens with zero attached hydrogens (tertiary/aromatic N) is 2. The lowest BCUT2D eigenvalue weighted by Crippen LogP contribution is -2.13. The molecule has 0 amide bonds. The fourth-order valence-electron chi connectivity index (χ4n) is 1.51. The third-order valence-corrected chi connectivity index (χ3v) is 2.59. The molecule has 21 heavy (non-hydrogen) atoms. The van der Waals surface area contributed by atoms with Crippen molar-refractivity contribution in [3.8, 4) is 0 Å². The van der Waals surface area contributed by atoms with Gasteiger partial charge >= 0.3 is 11.9 Å². The SMILES string of the molecule is O=C(CC(=O)OCc1ccncc1)OCc1ccncc1. The number of carbonyl (C=O) groups excluding carboxylic acids is 2. The maximum absolute atomic E-state index is 11.5. The fraction of sp³-hybridized carbons (Fsp3) is 0.200. The van der Waals surface area contributed by atoms with Crippen LogP contribution in [0.3, 0.4) is 0 Å². The van der Waals surface area contributed by atoms with E-state index in [1.54, 1.807) is 49.1 Å². The van der Waals surface area contributed by atoms with E-state index in [9.17, 15) is 9.59 Å². The number of hydrogen-bond acceptors (Lipinski definition) is 6. The Hall–Kier alpha value is -2.76. The fourth-order valence-corrected chi connectivity index (χ4v) is 1.51. The highest BCUT2D eigenvalue weighted by Crippen LogP contribution is 2.03. The smallest absolute Gasteiger partial charge is 0.317 e. The highest BCUT2D eigenvalue weighted by atomic mass is 16.6.